The molecule has 0 unspecified atom stereocenters. The molecule has 0 heterocycles. The van der Waals surface area contributed by atoms with Crippen LogP contribution in [0, 0.1) is 0 Å². The van der Waals surface area contributed by atoms with E-state index in [-0.39, 0.29) is 0 Å². The lowest BCUT2D eigenvalue weighted by Crippen LogP contribution is -2.02. The van der Waals surface area contributed by atoms with Crippen molar-refractivity contribution in [3.05, 3.63) is 80.8 Å². The third kappa shape index (κ3) is 6.76. The molecule has 0 aliphatic heterocycles. The first kappa shape index (κ1) is 24.8. The second-order valence-electron chi connectivity index (χ2n) is 7.93. The van der Waals surface area contributed by atoms with Crippen molar-refractivity contribution >= 4 is 34.3 Å². The van der Waals surface area contributed by atoms with E-state index in [1.54, 1.807) is 11.1 Å². The molecular formula is C28H36Cl2. The van der Waals surface area contributed by atoms with Gasteiger partial charge in [-0.3, -0.25) is 0 Å². The highest BCUT2D eigenvalue weighted by Gasteiger charge is 2.17. The Morgan fingerprint density at radius 1 is 0.500 bits per heavy atom. The van der Waals surface area contributed by atoms with Gasteiger partial charge in [0.15, 0.2) is 0 Å². The van der Waals surface area contributed by atoms with Crippen molar-refractivity contribution in [1.29, 1.82) is 0 Å². The van der Waals surface area contributed by atoms with Crippen molar-refractivity contribution in [3.63, 3.8) is 0 Å². The Morgan fingerprint density at radius 3 is 1.07 bits per heavy atom. The van der Waals surface area contributed by atoms with Gasteiger partial charge in [0, 0.05) is 10.0 Å². The fourth-order valence-electron chi connectivity index (χ4n) is 4.21. The minimum Gasteiger partial charge on any atom is -0.0843 e. The van der Waals surface area contributed by atoms with Crippen molar-refractivity contribution in [2.24, 2.45) is 0 Å². The van der Waals surface area contributed by atoms with Crippen LogP contribution in [0.3, 0.4) is 0 Å². The Morgan fingerprint density at radius 2 is 0.800 bits per heavy atom. The van der Waals surface area contributed by atoms with E-state index in [1.165, 1.54) is 22.3 Å². The maximum Gasteiger partial charge on any atom is 0.0406 e. The Balaban J connectivity index is 2.79. The molecular weight excluding hydrogens is 407 g/mol. The number of benzene rings is 2. The first-order valence-corrected chi connectivity index (χ1v) is 12.3. The molecule has 0 atom stereocenters. The van der Waals surface area contributed by atoms with Gasteiger partial charge in [-0.05, 0) is 83.4 Å². The summed E-state index contributed by atoms with van der Waals surface area (Å²) >= 11 is 12.4. The lowest BCUT2D eigenvalue weighted by Gasteiger charge is -2.23. The Labute approximate surface area is 194 Å². The predicted octanol–water partition coefficient (Wildman–Crippen LogP) is 10.4. The van der Waals surface area contributed by atoms with Gasteiger partial charge in [-0.15, -0.1) is 0 Å². The summed E-state index contributed by atoms with van der Waals surface area (Å²) in [4.78, 5) is 0. The van der Waals surface area contributed by atoms with Gasteiger partial charge < -0.3 is 0 Å². The number of hydrogen-bond acceptors (Lipinski definition) is 0. The average molecular weight is 444 g/mol. The van der Waals surface area contributed by atoms with Crippen LogP contribution in [0.1, 0.15) is 90.2 Å². The molecule has 0 amide bonds. The van der Waals surface area contributed by atoms with E-state index in [0.717, 1.165) is 61.4 Å². The van der Waals surface area contributed by atoms with E-state index < -0.39 is 0 Å². The van der Waals surface area contributed by atoms with Crippen molar-refractivity contribution in [2.45, 2.75) is 79.1 Å². The zero-order valence-corrected chi connectivity index (χ0v) is 20.5. The molecule has 0 saturated heterocycles. The SMILES string of the molecule is CCCC(/C(CCC)=C(/CCC)c1ccc(Cl)cc1)=C(\CCC)c1ccc(Cl)cc1. The molecule has 0 bridgehead atoms. The second kappa shape index (κ2) is 13.0. The zero-order chi connectivity index (χ0) is 21.9. The quantitative estimate of drug-likeness (QED) is 0.303. The monoisotopic (exact) mass is 442 g/mol. The number of allylic oxidation sites excluding steroid dienone is 4. The van der Waals surface area contributed by atoms with Gasteiger partial charge in [0.05, 0.1) is 0 Å². The van der Waals surface area contributed by atoms with Gasteiger partial charge in [0.25, 0.3) is 0 Å². The maximum atomic E-state index is 6.19. The predicted molar refractivity (Wildman–Crippen MR) is 136 cm³/mol. The summed E-state index contributed by atoms with van der Waals surface area (Å²) < 4.78 is 0. The third-order valence-corrected chi connectivity index (χ3v) is 5.98. The Kier molecular flexibility index (Phi) is 10.8. The third-order valence-electron chi connectivity index (χ3n) is 5.48. The smallest absolute Gasteiger partial charge is 0.0406 e. The van der Waals surface area contributed by atoms with Crippen LogP contribution in [-0.4, -0.2) is 0 Å². The summed E-state index contributed by atoms with van der Waals surface area (Å²) in [5.74, 6) is 0. The molecule has 0 spiro atoms. The van der Waals surface area contributed by atoms with Crippen LogP contribution in [0.4, 0.5) is 0 Å². The standard InChI is InChI=1S/C28H36Cl2/c1-5-9-25(21-13-17-23(29)18-14-21)27(11-7-3)28(12-8-4)26(10-6-2)22-15-19-24(30)20-16-22/h13-20H,5-12H2,1-4H3/b27-25-,28-26-. The highest BCUT2D eigenvalue weighted by Crippen LogP contribution is 2.39. The molecule has 162 valence electrons. The maximum absolute atomic E-state index is 6.19. The van der Waals surface area contributed by atoms with E-state index in [1.807, 2.05) is 24.3 Å². The molecule has 0 aliphatic carbocycles. The summed E-state index contributed by atoms with van der Waals surface area (Å²) in [5, 5.41) is 1.59. The zero-order valence-electron chi connectivity index (χ0n) is 19.0. The summed E-state index contributed by atoms with van der Waals surface area (Å²) in [6.07, 6.45) is 8.94. The summed E-state index contributed by atoms with van der Waals surface area (Å²) in [6.45, 7) is 9.12. The first-order valence-electron chi connectivity index (χ1n) is 11.5. The summed E-state index contributed by atoms with van der Waals surface area (Å²) in [6, 6.07) is 16.8. The minimum atomic E-state index is 0.795. The minimum absolute atomic E-state index is 0.795. The van der Waals surface area contributed by atoms with E-state index in [4.69, 9.17) is 23.2 Å². The van der Waals surface area contributed by atoms with Crippen LogP contribution >= 0.6 is 23.2 Å². The normalized spacial score (nSPS) is 13.1. The highest BCUT2D eigenvalue weighted by atomic mass is 35.5. The number of hydrogen-bond donors (Lipinski definition) is 0. The fraction of sp³-hybridized carbons (Fsp3) is 0.429. The summed E-state index contributed by atoms with van der Waals surface area (Å²) in [5.41, 5.74) is 8.68. The van der Waals surface area contributed by atoms with Crippen molar-refractivity contribution < 1.29 is 0 Å². The van der Waals surface area contributed by atoms with Crippen molar-refractivity contribution in [2.75, 3.05) is 0 Å². The molecule has 2 aromatic rings. The molecule has 2 aromatic carbocycles. The van der Waals surface area contributed by atoms with E-state index in [2.05, 4.69) is 52.0 Å². The second-order valence-corrected chi connectivity index (χ2v) is 8.80. The molecule has 0 N–H and O–H groups in total. The van der Waals surface area contributed by atoms with Crippen LogP contribution in [0.15, 0.2) is 59.7 Å². The molecule has 0 fully saturated rings. The van der Waals surface area contributed by atoms with Gasteiger partial charge >= 0.3 is 0 Å². The lowest BCUT2D eigenvalue weighted by molar-refractivity contribution is 0.836. The molecule has 0 saturated carbocycles. The van der Waals surface area contributed by atoms with Crippen LogP contribution < -0.4 is 0 Å². The number of halogens is 2. The summed E-state index contributed by atoms with van der Waals surface area (Å²) in [7, 11) is 0. The van der Waals surface area contributed by atoms with Gasteiger partial charge in [-0.1, -0.05) is 101 Å². The van der Waals surface area contributed by atoms with Gasteiger partial charge in [0.1, 0.15) is 0 Å². The molecule has 0 radical (unpaired) electrons. The Hall–Kier alpha value is -1.50. The molecule has 0 aliphatic rings. The van der Waals surface area contributed by atoms with Crippen molar-refractivity contribution in [3.8, 4) is 0 Å². The molecule has 2 rings (SSSR count). The van der Waals surface area contributed by atoms with Crippen LogP contribution in [0.5, 0.6) is 0 Å². The van der Waals surface area contributed by atoms with Gasteiger partial charge in [-0.25, -0.2) is 0 Å². The average Bonchev–Trinajstić information content (AvgIpc) is 2.75. The van der Waals surface area contributed by atoms with Gasteiger partial charge in [-0.2, -0.15) is 0 Å². The van der Waals surface area contributed by atoms with Crippen LogP contribution in [0.2, 0.25) is 10.0 Å². The molecule has 0 aromatic heterocycles. The largest absolute Gasteiger partial charge is 0.0843 e. The molecule has 30 heavy (non-hydrogen) atoms. The molecule has 2 heteroatoms. The number of rotatable bonds is 11. The lowest BCUT2D eigenvalue weighted by atomic mass is 9.82. The topological polar surface area (TPSA) is 0 Å². The van der Waals surface area contributed by atoms with Crippen molar-refractivity contribution in [1.82, 2.24) is 0 Å². The highest BCUT2D eigenvalue weighted by molar-refractivity contribution is 6.30. The van der Waals surface area contributed by atoms with Crippen LogP contribution in [0.25, 0.3) is 11.1 Å². The molecule has 0 nitrogen and oxygen atoms in total. The van der Waals surface area contributed by atoms with E-state index in [9.17, 15) is 0 Å². The van der Waals surface area contributed by atoms with E-state index in [0.29, 0.717) is 0 Å². The van der Waals surface area contributed by atoms with Crippen LogP contribution in [-0.2, 0) is 0 Å². The Bertz CT molecular complexity index is 766. The first-order chi connectivity index (χ1) is 14.5. The van der Waals surface area contributed by atoms with Gasteiger partial charge in [0.2, 0.25) is 0 Å². The van der Waals surface area contributed by atoms with E-state index >= 15 is 0 Å². The fourth-order valence-corrected chi connectivity index (χ4v) is 4.46.